The Morgan fingerprint density at radius 1 is 0.625 bits per heavy atom. The highest BCUT2D eigenvalue weighted by atomic mass is 14.8. The third kappa shape index (κ3) is 3.95. The van der Waals surface area contributed by atoms with Gasteiger partial charge in [0.05, 0.1) is 11.8 Å². The molecule has 0 amide bonds. The normalized spacial score (nSPS) is 13.8. The van der Waals surface area contributed by atoms with Crippen LogP contribution in [0.2, 0.25) is 0 Å². The van der Waals surface area contributed by atoms with E-state index in [2.05, 4.69) is 0 Å². The maximum absolute atomic E-state index is 7.23. The average molecular weight is 226 g/mol. The Bertz CT molecular complexity index is 260. The monoisotopic (exact) mass is 226 g/mol. The summed E-state index contributed by atoms with van der Waals surface area (Å²) in [5, 5.41) is 28.9. The predicted molar refractivity (Wildman–Crippen MR) is 63.9 cm³/mol. The van der Waals surface area contributed by atoms with Crippen LogP contribution in [-0.4, -0.2) is 23.3 Å². The third-order valence-corrected chi connectivity index (χ3v) is 2.25. The zero-order valence-corrected chi connectivity index (χ0v) is 8.88. The molecule has 0 rings (SSSR count). The van der Waals surface area contributed by atoms with Gasteiger partial charge < -0.3 is 22.9 Å². The summed E-state index contributed by atoms with van der Waals surface area (Å²) in [6.07, 6.45) is 0.545. The molecule has 16 heavy (non-hydrogen) atoms. The lowest BCUT2D eigenvalue weighted by molar-refractivity contribution is 0.652. The highest BCUT2D eigenvalue weighted by Crippen LogP contribution is 2.13. The van der Waals surface area contributed by atoms with Gasteiger partial charge in [-0.1, -0.05) is 0 Å². The first-order chi connectivity index (χ1) is 7.27. The average Bonchev–Trinajstić information content (AvgIpc) is 2.09. The van der Waals surface area contributed by atoms with Crippen molar-refractivity contribution in [3.8, 4) is 0 Å². The summed E-state index contributed by atoms with van der Waals surface area (Å²) in [5.74, 6) is -2.20. The van der Waals surface area contributed by atoms with Crippen molar-refractivity contribution >= 4 is 23.3 Å². The third-order valence-electron chi connectivity index (χ3n) is 2.25. The van der Waals surface area contributed by atoms with Gasteiger partial charge in [-0.25, -0.2) is 0 Å². The van der Waals surface area contributed by atoms with Crippen LogP contribution in [0.15, 0.2) is 0 Å². The van der Waals surface area contributed by atoms with Crippen LogP contribution in [0.4, 0.5) is 0 Å². The molecule has 8 nitrogen and oxygen atoms in total. The van der Waals surface area contributed by atoms with Gasteiger partial charge in [-0.2, -0.15) is 0 Å². The van der Waals surface area contributed by atoms with Gasteiger partial charge in [-0.05, 0) is 12.8 Å². The topological polar surface area (TPSA) is 199 Å². The van der Waals surface area contributed by atoms with Crippen LogP contribution in [0.5, 0.6) is 0 Å². The minimum Gasteiger partial charge on any atom is -0.387 e. The molecule has 0 aromatic rings. The molecule has 0 aliphatic carbocycles. The summed E-state index contributed by atoms with van der Waals surface area (Å²) in [7, 11) is 0. The molecule has 0 aliphatic heterocycles. The van der Waals surface area contributed by atoms with Gasteiger partial charge in [-0.15, -0.1) is 0 Å². The Morgan fingerprint density at radius 2 is 0.812 bits per heavy atom. The van der Waals surface area contributed by atoms with Gasteiger partial charge in [0.25, 0.3) is 0 Å². The second kappa shape index (κ2) is 5.69. The fraction of sp³-hybridized carbons (Fsp3) is 0.500. The van der Waals surface area contributed by atoms with Crippen molar-refractivity contribution in [1.82, 2.24) is 0 Å². The van der Waals surface area contributed by atoms with Crippen LogP contribution in [0.1, 0.15) is 12.8 Å². The van der Waals surface area contributed by atoms with Gasteiger partial charge in [0, 0.05) is 0 Å². The van der Waals surface area contributed by atoms with Crippen LogP contribution >= 0.6 is 0 Å². The maximum Gasteiger partial charge on any atom is 0.101 e. The van der Waals surface area contributed by atoms with E-state index >= 15 is 0 Å². The fourth-order valence-corrected chi connectivity index (χ4v) is 1.29. The van der Waals surface area contributed by atoms with Crippen molar-refractivity contribution in [1.29, 1.82) is 21.6 Å². The zero-order valence-electron chi connectivity index (χ0n) is 8.88. The van der Waals surface area contributed by atoms with Gasteiger partial charge in [-0.3, -0.25) is 21.6 Å². The number of nitrogens with one attached hydrogen (secondary N) is 4. The van der Waals surface area contributed by atoms with Crippen LogP contribution in [0.3, 0.4) is 0 Å². The summed E-state index contributed by atoms with van der Waals surface area (Å²) in [6, 6.07) is 0. The van der Waals surface area contributed by atoms with Crippen LogP contribution < -0.4 is 22.9 Å². The highest BCUT2D eigenvalue weighted by Gasteiger charge is 2.21. The molecule has 12 N–H and O–H groups in total. The standard InChI is InChI=1S/C8H18N8/c9-5(10)3(6(11)12)1-2-4(7(13)14)8(15)16/h3-4H,1-2H2,(H3,9,10)(H3,11,12)(H3,13,14)(H3,15,16). The van der Waals surface area contributed by atoms with E-state index < -0.39 is 11.8 Å². The molecule has 0 radical (unpaired) electrons. The molecule has 0 bridgehead atoms. The Kier molecular flexibility index (Phi) is 4.93. The molecule has 0 fully saturated rings. The van der Waals surface area contributed by atoms with E-state index in [1.54, 1.807) is 0 Å². The zero-order chi connectivity index (χ0) is 12.9. The molecule has 90 valence electrons. The number of rotatable bonds is 7. The van der Waals surface area contributed by atoms with Crippen molar-refractivity contribution < 1.29 is 0 Å². The quantitative estimate of drug-likeness (QED) is 0.198. The number of hydrogen-bond donors (Lipinski definition) is 8. The van der Waals surface area contributed by atoms with Crippen LogP contribution in [0, 0.1) is 33.5 Å². The SMILES string of the molecule is N=C(N)C(CCC(C(=N)N)C(=N)N)C(=N)N. The first-order valence-corrected chi connectivity index (χ1v) is 4.63. The number of nitrogens with two attached hydrogens (primary N) is 4. The van der Waals surface area contributed by atoms with Crippen molar-refractivity contribution in [2.45, 2.75) is 12.8 Å². The summed E-state index contributed by atoms with van der Waals surface area (Å²) < 4.78 is 0. The molecule has 0 aliphatic rings. The second-order valence-corrected chi connectivity index (χ2v) is 3.50. The Morgan fingerprint density at radius 3 is 0.938 bits per heavy atom. The molecule has 0 aromatic heterocycles. The minimum atomic E-state index is -0.679. The van der Waals surface area contributed by atoms with Crippen molar-refractivity contribution in [3.63, 3.8) is 0 Å². The molecular weight excluding hydrogens is 208 g/mol. The highest BCUT2D eigenvalue weighted by molar-refractivity contribution is 6.03. The van der Waals surface area contributed by atoms with Gasteiger partial charge in [0.2, 0.25) is 0 Å². The van der Waals surface area contributed by atoms with E-state index in [-0.39, 0.29) is 36.2 Å². The van der Waals surface area contributed by atoms with Crippen molar-refractivity contribution in [2.24, 2.45) is 34.8 Å². The lowest BCUT2D eigenvalue weighted by atomic mass is 9.93. The molecule has 0 unspecified atom stereocenters. The van der Waals surface area contributed by atoms with Crippen molar-refractivity contribution in [2.75, 3.05) is 0 Å². The Balaban J connectivity index is 4.50. The smallest absolute Gasteiger partial charge is 0.101 e. The molecule has 0 spiro atoms. The first kappa shape index (κ1) is 13.9. The molecule has 8 heteroatoms. The van der Waals surface area contributed by atoms with Crippen LogP contribution in [-0.2, 0) is 0 Å². The summed E-state index contributed by atoms with van der Waals surface area (Å²) in [6.45, 7) is 0. The van der Waals surface area contributed by atoms with E-state index in [1.807, 2.05) is 0 Å². The Hall–Kier alpha value is -2.12. The fourth-order valence-electron chi connectivity index (χ4n) is 1.29. The Labute approximate surface area is 93.4 Å². The molecule has 0 aromatic carbocycles. The van der Waals surface area contributed by atoms with E-state index in [0.29, 0.717) is 0 Å². The molecule has 0 saturated carbocycles. The summed E-state index contributed by atoms with van der Waals surface area (Å²) >= 11 is 0. The molecule has 0 saturated heterocycles. The van der Waals surface area contributed by atoms with E-state index in [4.69, 9.17) is 44.6 Å². The molecular formula is C8H18N8. The van der Waals surface area contributed by atoms with Crippen LogP contribution in [0.25, 0.3) is 0 Å². The minimum absolute atomic E-state index is 0.210. The predicted octanol–water partition coefficient (Wildman–Crippen LogP) is -1.26. The van der Waals surface area contributed by atoms with Gasteiger partial charge in [0.1, 0.15) is 23.3 Å². The number of amidine groups is 4. The van der Waals surface area contributed by atoms with E-state index in [1.165, 1.54) is 0 Å². The van der Waals surface area contributed by atoms with Gasteiger partial charge >= 0.3 is 0 Å². The maximum atomic E-state index is 7.23. The van der Waals surface area contributed by atoms with Crippen molar-refractivity contribution in [3.05, 3.63) is 0 Å². The molecule has 0 heterocycles. The summed E-state index contributed by atoms with van der Waals surface area (Å²) in [4.78, 5) is 0. The first-order valence-electron chi connectivity index (χ1n) is 4.63. The van der Waals surface area contributed by atoms with E-state index in [9.17, 15) is 0 Å². The number of hydrogen-bond acceptors (Lipinski definition) is 4. The van der Waals surface area contributed by atoms with E-state index in [0.717, 1.165) is 0 Å². The second-order valence-electron chi connectivity index (χ2n) is 3.50. The largest absolute Gasteiger partial charge is 0.387 e. The summed E-state index contributed by atoms with van der Waals surface area (Å²) in [5.41, 5.74) is 21.1. The lowest BCUT2D eigenvalue weighted by Gasteiger charge is -2.18. The molecule has 0 atom stereocenters. The van der Waals surface area contributed by atoms with Gasteiger partial charge in [0.15, 0.2) is 0 Å². The lowest BCUT2D eigenvalue weighted by Crippen LogP contribution is -2.38.